The average Bonchev–Trinajstić information content (AvgIpc) is 3.13. The van der Waals surface area contributed by atoms with Gasteiger partial charge in [0.25, 0.3) is 0 Å². The minimum atomic E-state index is -2.05. The molecule has 5 aliphatic carbocycles. The number of hydrogen-bond donors (Lipinski definition) is 8. The number of carbonyl (C=O) groups is 4. The van der Waals surface area contributed by atoms with Crippen LogP contribution in [0.3, 0.4) is 0 Å². The predicted molar refractivity (Wildman–Crippen MR) is 199 cm³/mol. The Morgan fingerprint density at radius 1 is 0.690 bits per heavy atom. The van der Waals surface area contributed by atoms with Gasteiger partial charge >= 0.3 is 17.9 Å². The summed E-state index contributed by atoms with van der Waals surface area (Å²) < 4.78 is 23.4. The van der Waals surface area contributed by atoms with Crippen molar-refractivity contribution in [1.29, 1.82) is 0 Å². The van der Waals surface area contributed by atoms with Crippen molar-refractivity contribution in [2.45, 2.75) is 174 Å². The maximum atomic E-state index is 14.8. The average molecular weight is 823 g/mol. The number of carboxylic acids is 3. The predicted octanol–water partition coefficient (Wildman–Crippen LogP) is 2.25. The summed E-state index contributed by atoms with van der Waals surface area (Å²) in [5, 5.41) is 83.0. The van der Waals surface area contributed by atoms with Gasteiger partial charge in [-0.3, -0.25) is 9.59 Å². The number of carboxylic acid groups (broad SMARTS) is 3. The number of carbonyl (C=O) groups excluding carboxylic acids is 1. The van der Waals surface area contributed by atoms with Crippen molar-refractivity contribution >= 4 is 23.7 Å². The van der Waals surface area contributed by atoms with E-state index in [1.807, 2.05) is 26.8 Å². The van der Waals surface area contributed by atoms with Gasteiger partial charge in [-0.15, -0.1) is 0 Å². The van der Waals surface area contributed by atoms with Crippen molar-refractivity contribution in [3.8, 4) is 0 Å². The van der Waals surface area contributed by atoms with Crippen LogP contribution in [0.5, 0.6) is 0 Å². The summed E-state index contributed by atoms with van der Waals surface area (Å²) in [6.07, 6.45) is -12.2. The Labute approximate surface area is 337 Å². The normalized spacial score (nSPS) is 52.6. The molecule has 0 spiro atoms. The lowest BCUT2D eigenvalue weighted by Crippen LogP contribution is -2.68. The summed E-state index contributed by atoms with van der Waals surface area (Å²) in [4.78, 5) is 51.3. The van der Waals surface area contributed by atoms with E-state index in [2.05, 4.69) is 27.7 Å². The minimum absolute atomic E-state index is 0.0217. The Morgan fingerprint density at radius 2 is 1.28 bits per heavy atom. The first-order chi connectivity index (χ1) is 26.8. The first kappa shape index (κ1) is 43.5. The Morgan fingerprint density at radius 3 is 1.88 bits per heavy atom. The van der Waals surface area contributed by atoms with E-state index in [1.54, 1.807) is 0 Å². The quantitative estimate of drug-likeness (QED) is 0.171. The van der Waals surface area contributed by atoms with Crippen LogP contribution in [0.15, 0.2) is 11.6 Å². The highest BCUT2D eigenvalue weighted by atomic mass is 16.8. The van der Waals surface area contributed by atoms with Crippen molar-refractivity contribution in [1.82, 2.24) is 0 Å². The Hall–Kier alpha value is -2.54. The van der Waals surface area contributed by atoms with E-state index in [9.17, 15) is 60.0 Å². The van der Waals surface area contributed by atoms with Gasteiger partial charge in [-0.25, -0.2) is 9.59 Å². The van der Waals surface area contributed by atoms with E-state index in [0.717, 1.165) is 37.7 Å². The van der Waals surface area contributed by atoms with Crippen LogP contribution in [0, 0.1) is 50.2 Å². The highest BCUT2D eigenvalue weighted by Crippen LogP contribution is 2.75. The number of aliphatic hydroxyl groups excluding tert-OH is 5. The fourth-order valence-electron chi connectivity index (χ4n) is 13.4. The maximum absolute atomic E-state index is 14.8. The molecular weight excluding hydrogens is 760 g/mol. The van der Waals surface area contributed by atoms with Crippen LogP contribution in [0.4, 0.5) is 0 Å². The molecule has 0 aromatic heterocycles. The molecular formula is C42H62O16. The SMILES string of the molecule is CC1(C)[C@@H](O[C@H]2O[C@H](C(=O)O)[C@@H](O)[C@H](O)[C@H]2O[C@H]2O[C@H](C(=O)O)[C@@H](O)[C@H](O)[C@H]2O)CC[C@]2(C)[C@H]3C(=O)C=C4[C@@H]5C[C@@](C)(C(=O)O)CC[C@]5(C)CC[C@@]4(C)[C@]3(C)CC[C@@H]12. The monoisotopic (exact) mass is 822 g/mol. The smallest absolute Gasteiger partial charge is 0.335 e. The Bertz CT molecular complexity index is 1730. The molecule has 326 valence electrons. The molecule has 6 fully saturated rings. The third-order valence-electron chi connectivity index (χ3n) is 17.2. The molecule has 16 nitrogen and oxygen atoms in total. The van der Waals surface area contributed by atoms with E-state index in [4.69, 9.17) is 18.9 Å². The summed E-state index contributed by atoms with van der Waals surface area (Å²) >= 11 is 0. The molecule has 0 radical (unpaired) electrons. The van der Waals surface area contributed by atoms with Crippen molar-refractivity contribution in [3.05, 3.63) is 11.6 Å². The highest BCUT2D eigenvalue weighted by Gasteiger charge is 2.71. The lowest BCUT2D eigenvalue weighted by molar-refractivity contribution is -0.371. The first-order valence-corrected chi connectivity index (χ1v) is 20.7. The van der Waals surface area contributed by atoms with Gasteiger partial charge in [0.15, 0.2) is 30.6 Å². The summed E-state index contributed by atoms with van der Waals surface area (Å²) in [5.74, 6) is -4.47. The van der Waals surface area contributed by atoms with Crippen LogP contribution in [-0.4, -0.2) is 132 Å². The molecule has 7 rings (SSSR count). The van der Waals surface area contributed by atoms with E-state index >= 15 is 0 Å². The zero-order chi connectivity index (χ0) is 42.9. The summed E-state index contributed by atoms with van der Waals surface area (Å²) in [6.45, 7) is 14.8. The molecule has 0 bridgehead atoms. The second-order valence-corrected chi connectivity index (χ2v) is 20.6. The topological polar surface area (TPSA) is 267 Å². The van der Waals surface area contributed by atoms with Gasteiger partial charge in [0.2, 0.25) is 0 Å². The Kier molecular flexibility index (Phi) is 10.7. The molecule has 8 N–H and O–H groups in total. The molecule has 7 aliphatic rings. The third-order valence-corrected chi connectivity index (χ3v) is 17.2. The largest absolute Gasteiger partial charge is 0.481 e. The zero-order valence-electron chi connectivity index (χ0n) is 34.4. The van der Waals surface area contributed by atoms with Crippen LogP contribution in [0.2, 0.25) is 0 Å². The van der Waals surface area contributed by atoms with E-state index < -0.39 is 107 Å². The van der Waals surface area contributed by atoms with Gasteiger partial charge in [-0.05, 0) is 110 Å². The number of hydrogen-bond acceptors (Lipinski definition) is 13. The fraction of sp³-hybridized carbons (Fsp3) is 0.857. The molecule has 2 aliphatic heterocycles. The summed E-state index contributed by atoms with van der Waals surface area (Å²) in [7, 11) is 0. The van der Waals surface area contributed by atoms with Crippen molar-refractivity contribution in [3.63, 3.8) is 0 Å². The lowest BCUT2D eigenvalue weighted by Gasteiger charge is -2.70. The van der Waals surface area contributed by atoms with Crippen LogP contribution in [-0.2, 0) is 38.1 Å². The second kappa shape index (κ2) is 14.3. The molecule has 58 heavy (non-hydrogen) atoms. The number of fused-ring (bicyclic) bond motifs is 7. The van der Waals surface area contributed by atoms with Gasteiger partial charge < -0.3 is 59.8 Å². The van der Waals surface area contributed by atoms with Gasteiger partial charge in [0.1, 0.15) is 36.6 Å². The number of aliphatic hydroxyl groups is 5. The number of ether oxygens (including phenoxy) is 4. The molecule has 2 heterocycles. The Balaban J connectivity index is 1.17. The van der Waals surface area contributed by atoms with E-state index in [-0.39, 0.29) is 34.4 Å². The molecule has 0 aromatic carbocycles. The van der Waals surface area contributed by atoms with Crippen LogP contribution >= 0.6 is 0 Å². The first-order valence-electron chi connectivity index (χ1n) is 20.7. The molecule has 0 amide bonds. The third kappa shape index (κ3) is 6.25. The minimum Gasteiger partial charge on any atom is -0.481 e. The lowest BCUT2D eigenvalue weighted by atomic mass is 9.33. The molecule has 0 aromatic rings. The molecule has 16 heteroatoms. The number of rotatable bonds is 7. The molecule has 2 saturated heterocycles. The van der Waals surface area contributed by atoms with Crippen molar-refractivity contribution < 1.29 is 79.0 Å². The van der Waals surface area contributed by atoms with Gasteiger partial charge in [0.05, 0.1) is 11.5 Å². The molecule has 4 saturated carbocycles. The van der Waals surface area contributed by atoms with Gasteiger partial charge in [0, 0.05) is 5.92 Å². The van der Waals surface area contributed by atoms with E-state index in [0.29, 0.717) is 25.7 Å². The zero-order valence-corrected chi connectivity index (χ0v) is 34.4. The van der Waals surface area contributed by atoms with Crippen LogP contribution in [0.25, 0.3) is 0 Å². The number of aliphatic carboxylic acids is 3. The standard InChI is InChI=1S/C42H62O16/c1-37(2)21-8-11-42(7)31(20(43)16-18-19-17-39(4,36(53)54)13-12-38(19,3)14-15-41(18,42)6)40(21,5)10-9-22(37)55-35-30(26(47)25(46)29(57-35)33(51)52)58-34-27(48)23(44)24(45)28(56-34)32(49)50/h16,19,21-31,34-35,44-48H,8-15,17H2,1-7H3,(H,49,50)(H,51,52)(H,53,54)/t19-,21-,22-,23-,24-,25-,26-,27+,28-,29-,30+,31+,34+,35-,38+,39-,40-,41+,42+/m0/s1. The van der Waals surface area contributed by atoms with Crippen molar-refractivity contribution in [2.24, 2.45) is 50.2 Å². The van der Waals surface area contributed by atoms with Crippen LogP contribution < -0.4 is 0 Å². The van der Waals surface area contributed by atoms with Crippen molar-refractivity contribution in [2.75, 3.05) is 0 Å². The summed E-state index contributed by atoms with van der Waals surface area (Å²) in [5.41, 5.74) is -1.81. The fourth-order valence-corrected chi connectivity index (χ4v) is 13.4. The number of allylic oxidation sites excluding steroid dienone is 2. The van der Waals surface area contributed by atoms with E-state index in [1.165, 1.54) is 0 Å². The maximum Gasteiger partial charge on any atom is 0.335 e. The van der Waals surface area contributed by atoms with Gasteiger partial charge in [-0.2, -0.15) is 0 Å². The summed E-state index contributed by atoms with van der Waals surface area (Å²) in [6, 6.07) is 0. The molecule has 0 unspecified atom stereocenters. The highest BCUT2D eigenvalue weighted by molar-refractivity contribution is 5.95. The second-order valence-electron chi connectivity index (χ2n) is 20.6. The van der Waals surface area contributed by atoms with Gasteiger partial charge in [-0.1, -0.05) is 47.1 Å². The number of ketones is 1. The molecule has 19 atom stereocenters. The van der Waals surface area contributed by atoms with Crippen LogP contribution in [0.1, 0.15) is 106 Å².